The van der Waals surface area contributed by atoms with Gasteiger partial charge in [-0.2, -0.15) is 0 Å². The summed E-state index contributed by atoms with van der Waals surface area (Å²) in [7, 11) is 5.02. The summed E-state index contributed by atoms with van der Waals surface area (Å²) in [5.41, 5.74) is 3.07. The lowest BCUT2D eigenvalue weighted by Gasteiger charge is -2.34. The van der Waals surface area contributed by atoms with Gasteiger partial charge in [0.1, 0.15) is 23.0 Å². The molecule has 0 aliphatic carbocycles. The molecular weight excluding hydrogens is 380 g/mol. The Bertz CT molecular complexity index is 1000. The van der Waals surface area contributed by atoms with E-state index < -0.39 is 0 Å². The normalized spacial score (nSPS) is 14.7. The van der Waals surface area contributed by atoms with Crippen molar-refractivity contribution in [1.82, 2.24) is 4.98 Å². The Morgan fingerprint density at radius 1 is 0.967 bits per heavy atom. The van der Waals surface area contributed by atoms with Crippen LogP contribution in [0.4, 0.5) is 5.69 Å². The first-order valence-electron chi connectivity index (χ1n) is 10.2. The summed E-state index contributed by atoms with van der Waals surface area (Å²) in [4.78, 5) is 6.79. The van der Waals surface area contributed by atoms with Gasteiger partial charge in [-0.1, -0.05) is 0 Å². The van der Waals surface area contributed by atoms with E-state index in [1.54, 1.807) is 33.6 Å². The number of anilines is 1. The summed E-state index contributed by atoms with van der Waals surface area (Å²) in [5, 5.41) is 10.8. The highest BCUT2D eigenvalue weighted by molar-refractivity contribution is 5.87. The Balaban J connectivity index is 1.47. The molecule has 158 valence electrons. The predicted molar refractivity (Wildman–Crippen MR) is 118 cm³/mol. The minimum atomic E-state index is 0.271. The Kier molecular flexibility index (Phi) is 5.84. The maximum Gasteiger partial charge on any atom is 0.129 e. The molecule has 6 heteroatoms. The second-order valence-corrected chi connectivity index (χ2v) is 7.68. The third-order valence-electron chi connectivity index (χ3n) is 5.99. The lowest BCUT2D eigenvalue weighted by atomic mass is 9.89. The molecule has 0 radical (unpaired) electrons. The number of aromatic hydroxyl groups is 1. The summed E-state index contributed by atoms with van der Waals surface area (Å²) in [5.74, 6) is 3.19. The average Bonchev–Trinajstić information content (AvgIpc) is 2.79. The molecule has 0 spiro atoms. The van der Waals surface area contributed by atoms with Gasteiger partial charge < -0.3 is 24.2 Å². The number of fused-ring (bicyclic) bond motifs is 1. The van der Waals surface area contributed by atoms with E-state index in [4.69, 9.17) is 14.2 Å². The Morgan fingerprint density at radius 2 is 1.67 bits per heavy atom. The molecule has 3 aromatic rings. The summed E-state index contributed by atoms with van der Waals surface area (Å²) in [6.45, 7) is 1.96. The zero-order valence-electron chi connectivity index (χ0n) is 17.7. The zero-order valence-corrected chi connectivity index (χ0v) is 17.7. The quantitative estimate of drug-likeness (QED) is 0.651. The van der Waals surface area contributed by atoms with E-state index in [2.05, 4.69) is 22.0 Å². The maximum absolute atomic E-state index is 9.98. The molecule has 1 aliphatic rings. The summed E-state index contributed by atoms with van der Waals surface area (Å²) in [6.07, 6.45) is 4.73. The van der Waals surface area contributed by atoms with Crippen molar-refractivity contribution in [1.29, 1.82) is 0 Å². The molecule has 2 aromatic carbocycles. The van der Waals surface area contributed by atoms with Gasteiger partial charge in [0.15, 0.2) is 0 Å². The van der Waals surface area contributed by atoms with Gasteiger partial charge >= 0.3 is 0 Å². The first kappa shape index (κ1) is 20.1. The van der Waals surface area contributed by atoms with E-state index in [1.165, 1.54) is 0 Å². The molecule has 2 heterocycles. The van der Waals surface area contributed by atoms with Crippen LogP contribution in [0.3, 0.4) is 0 Å². The second kappa shape index (κ2) is 8.69. The van der Waals surface area contributed by atoms with E-state index in [1.807, 2.05) is 18.2 Å². The summed E-state index contributed by atoms with van der Waals surface area (Å²) in [6, 6.07) is 11.5. The van der Waals surface area contributed by atoms with Crippen molar-refractivity contribution >= 4 is 16.6 Å². The highest BCUT2D eigenvalue weighted by atomic mass is 16.5. The second-order valence-electron chi connectivity index (χ2n) is 7.68. The van der Waals surface area contributed by atoms with E-state index in [0.717, 1.165) is 71.8 Å². The van der Waals surface area contributed by atoms with Crippen molar-refractivity contribution < 1.29 is 19.3 Å². The minimum Gasteiger partial charge on any atom is -0.507 e. The number of hydrogen-bond acceptors (Lipinski definition) is 6. The number of ether oxygens (including phenoxy) is 3. The van der Waals surface area contributed by atoms with Gasteiger partial charge in [0.2, 0.25) is 0 Å². The zero-order chi connectivity index (χ0) is 21.1. The maximum atomic E-state index is 9.98. The van der Waals surface area contributed by atoms with Crippen molar-refractivity contribution in [3.8, 4) is 23.0 Å². The summed E-state index contributed by atoms with van der Waals surface area (Å²) < 4.78 is 16.6. The van der Waals surface area contributed by atoms with Crippen LogP contribution < -0.4 is 19.1 Å². The molecule has 0 bridgehead atoms. The summed E-state index contributed by atoms with van der Waals surface area (Å²) >= 11 is 0. The fourth-order valence-corrected chi connectivity index (χ4v) is 4.28. The minimum absolute atomic E-state index is 0.271. The van der Waals surface area contributed by atoms with Crippen molar-refractivity contribution in [2.75, 3.05) is 39.3 Å². The van der Waals surface area contributed by atoms with Crippen LogP contribution in [-0.4, -0.2) is 44.5 Å². The van der Waals surface area contributed by atoms with Crippen LogP contribution >= 0.6 is 0 Å². The highest BCUT2D eigenvalue weighted by Crippen LogP contribution is 2.38. The van der Waals surface area contributed by atoms with Crippen molar-refractivity contribution in [3.63, 3.8) is 0 Å². The number of aromatic nitrogens is 1. The number of hydrogen-bond donors (Lipinski definition) is 1. The standard InChI is InChI=1S/C24H28N2O4/c1-28-18-14-23(29-2)20(24(15-18)30-3)12-16-7-10-26(11-8-16)17-4-5-19-21(13-17)25-9-6-22(19)27/h4-6,9,13-16H,7-8,10-12H2,1-3H3,(H,25,27). The van der Waals surface area contributed by atoms with Gasteiger partial charge in [0.05, 0.1) is 26.8 Å². The third kappa shape index (κ3) is 3.95. The van der Waals surface area contributed by atoms with Crippen LogP contribution in [0, 0.1) is 5.92 Å². The van der Waals surface area contributed by atoms with E-state index in [-0.39, 0.29) is 5.75 Å². The fraction of sp³-hybridized carbons (Fsp3) is 0.375. The fourth-order valence-electron chi connectivity index (χ4n) is 4.28. The topological polar surface area (TPSA) is 64.1 Å². The first-order valence-corrected chi connectivity index (χ1v) is 10.2. The molecule has 6 nitrogen and oxygen atoms in total. The van der Waals surface area contributed by atoms with Gasteiger partial charge in [-0.25, -0.2) is 0 Å². The first-order chi connectivity index (χ1) is 14.6. The van der Waals surface area contributed by atoms with E-state index in [0.29, 0.717) is 5.92 Å². The van der Waals surface area contributed by atoms with Crippen LogP contribution in [0.15, 0.2) is 42.6 Å². The van der Waals surface area contributed by atoms with Gasteiger partial charge in [-0.15, -0.1) is 0 Å². The number of nitrogens with zero attached hydrogens (tertiary/aromatic N) is 2. The van der Waals surface area contributed by atoms with Gasteiger partial charge in [0, 0.05) is 48.1 Å². The molecule has 0 unspecified atom stereocenters. The van der Waals surface area contributed by atoms with E-state index in [9.17, 15) is 5.11 Å². The predicted octanol–water partition coefficient (Wildman–Crippen LogP) is 4.43. The monoisotopic (exact) mass is 408 g/mol. The molecule has 0 amide bonds. The number of piperidine rings is 1. The molecule has 1 fully saturated rings. The molecule has 0 atom stereocenters. The van der Waals surface area contributed by atoms with Crippen LogP contribution in [0.2, 0.25) is 0 Å². The molecule has 1 saturated heterocycles. The number of methoxy groups -OCH3 is 3. The van der Waals surface area contributed by atoms with Crippen LogP contribution in [0.1, 0.15) is 18.4 Å². The average molecular weight is 408 g/mol. The molecular formula is C24H28N2O4. The van der Waals surface area contributed by atoms with Crippen molar-refractivity contribution in [3.05, 3.63) is 48.2 Å². The third-order valence-corrected chi connectivity index (χ3v) is 5.99. The van der Waals surface area contributed by atoms with Crippen LogP contribution in [-0.2, 0) is 6.42 Å². The SMILES string of the molecule is COc1cc(OC)c(CC2CCN(c3ccc4c(O)ccnc4c3)CC2)c(OC)c1. The number of benzene rings is 2. The molecule has 1 N–H and O–H groups in total. The number of rotatable bonds is 6. The van der Waals surface area contributed by atoms with Crippen molar-refractivity contribution in [2.24, 2.45) is 5.92 Å². The van der Waals surface area contributed by atoms with Gasteiger partial charge in [0.25, 0.3) is 0 Å². The smallest absolute Gasteiger partial charge is 0.129 e. The Hall–Kier alpha value is -3.15. The highest BCUT2D eigenvalue weighted by Gasteiger charge is 2.23. The lowest BCUT2D eigenvalue weighted by Crippen LogP contribution is -2.34. The van der Waals surface area contributed by atoms with Gasteiger partial charge in [-0.05, 0) is 49.4 Å². The lowest BCUT2D eigenvalue weighted by molar-refractivity contribution is 0.351. The molecule has 1 aromatic heterocycles. The Morgan fingerprint density at radius 3 is 2.30 bits per heavy atom. The number of pyridine rings is 1. The van der Waals surface area contributed by atoms with Crippen LogP contribution in [0.25, 0.3) is 10.9 Å². The molecule has 1 aliphatic heterocycles. The van der Waals surface area contributed by atoms with Crippen molar-refractivity contribution in [2.45, 2.75) is 19.3 Å². The molecule has 30 heavy (non-hydrogen) atoms. The largest absolute Gasteiger partial charge is 0.507 e. The van der Waals surface area contributed by atoms with Crippen LogP contribution in [0.5, 0.6) is 23.0 Å². The molecule has 4 rings (SSSR count). The van der Waals surface area contributed by atoms with E-state index >= 15 is 0 Å². The van der Waals surface area contributed by atoms with Gasteiger partial charge in [-0.3, -0.25) is 4.98 Å². The Labute approximate surface area is 177 Å². The molecule has 0 saturated carbocycles.